The van der Waals surface area contributed by atoms with Gasteiger partial charge in [0.2, 0.25) is 0 Å². The molecule has 1 N–H and O–H groups in total. The molecule has 0 unspecified atom stereocenters. The van der Waals surface area contributed by atoms with Gasteiger partial charge in [-0.15, -0.1) is 0 Å². The van der Waals surface area contributed by atoms with E-state index in [-0.39, 0.29) is 12.1 Å². The number of rotatable bonds is 8. The Morgan fingerprint density at radius 3 is 2.62 bits per heavy atom. The van der Waals surface area contributed by atoms with E-state index in [1.165, 1.54) is 5.69 Å². The predicted octanol–water partition coefficient (Wildman–Crippen LogP) is 3.34. The van der Waals surface area contributed by atoms with Crippen LogP contribution in [0.3, 0.4) is 0 Å². The third-order valence-corrected chi connectivity index (χ3v) is 5.52. The van der Waals surface area contributed by atoms with Gasteiger partial charge in [-0.3, -0.25) is 9.97 Å². The molecule has 0 amide bonds. The molecule has 1 aliphatic rings. The van der Waals surface area contributed by atoms with Gasteiger partial charge in [0.05, 0.1) is 30.0 Å². The molecule has 29 heavy (non-hydrogen) atoms. The van der Waals surface area contributed by atoms with Gasteiger partial charge in [0.15, 0.2) is 5.11 Å². The number of hydrogen-bond donors (Lipinski definition) is 1. The van der Waals surface area contributed by atoms with Gasteiger partial charge in [0.25, 0.3) is 0 Å². The van der Waals surface area contributed by atoms with Crippen molar-refractivity contribution >= 4 is 17.3 Å². The highest BCUT2D eigenvalue weighted by molar-refractivity contribution is 7.80. The summed E-state index contributed by atoms with van der Waals surface area (Å²) in [5.74, 6) is 0. The standard InChI is InChI=1S/C22H25N5OS/c1-28-15-7-14-27-21(20(25-22(27)29)18-9-3-5-12-24-18)19-10-6-13-26(19)16-17-8-2-4-11-23-17/h2-6,8-13,20-21H,7,14-16H2,1H3,(H,25,29)/t20-,21-/m1/s1. The van der Waals surface area contributed by atoms with Gasteiger partial charge in [0, 0.05) is 44.5 Å². The zero-order chi connectivity index (χ0) is 20.1. The summed E-state index contributed by atoms with van der Waals surface area (Å²) in [5, 5.41) is 4.26. The van der Waals surface area contributed by atoms with Crippen LogP contribution in [0.5, 0.6) is 0 Å². The minimum atomic E-state index is -0.0105. The van der Waals surface area contributed by atoms with Gasteiger partial charge < -0.3 is 19.5 Å². The molecule has 0 saturated carbocycles. The van der Waals surface area contributed by atoms with E-state index in [1.54, 1.807) is 7.11 Å². The molecule has 0 aromatic carbocycles. The highest BCUT2D eigenvalue weighted by atomic mass is 32.1. The Bertz CT molecular complexity index is 931. The maximum atomic E-state index is 5.72. The molecule has 1 fully saturated rings. The average Bonchev–Trinajstić information content (AvgIpc) is 3.33. The Kier molecular flexibility index (Phi) is 6.17. The molecule has 2 atom stereocenters. The largest absolute Gasteiger partial charge is 0.385 e. The molecular formula is C22H25N5OS. The second kappa shape index (κ2) is 9.15. The molecular weight excluding hydrogens is 382 g/mol. The molecule has 0 radical (unpaired) electrons. The Labute approximate surface area is 176 Å². The lowest BCUT2D eigenvalue weighted by atomic mass is 10.0. The molecule has 4 rings (SSSR count). The minimum Gasteiger partial charge on any atom is -0.385 e. The van der Waals surface area contributed by atoms with Crippen molar-refractivity contribution in [2.75, 3.05) is 20.3 Å². The van der Waals surface area contributed by atoms with Crippen LogP contribution < -0.4 is 5.32 Å². The van der Waals surface area contributed by atoms with Crippen molar-refractivity contribution in [1.29, 1.82) is 0 Å². The number of hydrogen-bond acceptors (Lipinski definition) is 4. The molecule has 3 aromatic rings. The maximum absolute atomic E-state index is 5.72. The zero-order valence-electron chi connectivity index (χ0n) is 16.4. The third kappa shape index (κ3) is 4.31. The first-order valence-corrected chi connectivity index (χ1v) is 10.2. The molecule has 0 aliphatic carbocycles. The van der Waals surface area contributed by atoms with Crippen LogP contribution in [0.2, 0.25) is 0 Å². The fraction of sp³-hybridized carbons (Fsp3) is 0.318. The van der Waals surface area contributed by atoms with E-state index in [1.807, 2.05) is 42.7 Å². The Morgan fingerprint density at radius 2 is 1.90 bits per heavy atom. The number of nitrogens with one attached hydrogen (secondary N) is 1. The number of aromatic nitrogens is 3. The first-order valence-electron chi connectivity index (χ1n) is 9.80. The topological polar surface area (TPSA) is 55.2 Å². The van der Waals surface area contributed by atoms with Crippen LogP contribution in [0.1, 0.15) is 35.6 Å². The van der Waals surface area contributed by atoms with Crippen LogP contribution in [-0.2, 0) is 11.3 Å². The third-order valence-electron chi connectivity index (χ3n) is 5.17. The first kappa shape index (κ1) is 19.5. The lowest BCUT2D eigenvalue weighted by molar-refractivity contribution is 0.179. The fourth-order valence-electron chi connectivity index (χ4n) is 3.85. The molecule has 1 saturated heterocycles. The Morgan fingerprint density at radius 1 is 1.07 bits per heavy atom. The summed E-state index contributed by atoms with van der Waals surface area (Å²) in [6, 6.07) is 16.3. The SMILES string of the molecule is COCCCN1C(=S)N[C@H](c2ccccn2)[C@H]1c1cccn1Cc1ccccn1. The second-order valence-electron chi connectivity index (χ2n) is 7.05. The number of ether oxygens (including phenoxy) is 1. The van der Waals surface area contributed by atoms with Crippen molar-refractivity contribution in [3.8, 4) is 0 Å². The predicted molar refractivity (Wildman–Crippen MR) is 116 cm³/mol. The Balaban J connectivity index is 1.68. The smallest absolute Gasteiger partial charge is 0.170 e. The van der Waals surface area contributed by atoms with E-state index in [0.717, 1.165) is 29.5 Å². The van der Waals surface area contributed by atoms with Crippen molar-refractivity contribution in [2.45, 2.75) is 25.0 Å². The van der Waals surface area contributed by atoms with Crippen LogP contribution in [0, 0.1) is 0 Å². The highest BCUT2D eigenvalue weighted by Crippen LogP contribution is 2.38. The van der Waals surface area contributed by atoms with Gasteiger partial charge in [-0.05, 0) is 55.0 Å². The van der Waals surface area contributed by atoms with E-state index in [2.05, 4.69) is 49.1 Å². The van der Waals surface area contributed by atoms with Gasteiger partial charge >= 0.3 is 0 Å². The summed E-state index contributed by atoms with van der Waals surface area (Å²) < 4.78 is 7.51. The minimum absolute atomic E-state index is 0.0105. The quantitative estimate of drug-likeness (QED) is 0.457. The monoisotopic (exact) mass is 407 g/mol. The number of nitrogens with zero attached hydrogens (tertiary/aromatic N) is 4. The summed E-state index contributed by atoms with van der Waals surface area (Å²) in [7, 11) is 1.73. The molecule has 0 spiro atoms. The summed E-state index contributed by atoms with van der Waals surface area (Å²) in [4.78, 5) is 11.4. The van der Waals surface area contributed by atoms with Crippen molar-refractivity contribution in [2.24, 2.45) is 0 Å². The lowest BCUT2D eigenvalue weighted by Gasteiger charge is -2.29. The molecule has 3 aromatic heterocycles. The van der Waals surface area contributed by atoms with Crippen LogP contribution in [0.15, 0.2) is 67.1 Å². The number of methoxy groups -OCH3 is 1. The molecule has 7 heteroatoms. The van der Waals surface area contributed by atoms with Crippen molar-refractivity contribution < 1.29 is 4.74 Å². The maximum Gasteiger partial charge on any atom is 0.170 e. The van der Waals surface area contributed by atoms with Crippen LogP contribution in [0.4, 0.5) is 0 Å². The van der Waals surface area contributed by atoms with E-state index >= 15 is 0 Å². The summed E-state index contributed by atoms with van der Waals surface area (Å²) in [5.41, 5.74) is 3.20. The van der Waals surface area contributed by atoms with E-state index in [4.69, 9.17) is 17.0 Å². The van der Waals surface area contributed by atoms with E-state index in [9.17, 15) is 0 Å². The summed E-state index contributed by atoms with van der Waals surface area (Å²) >= 11 is 5.72. The zero-order valence-corrected chi connectivity index (χ0v) is 17.3. The van der Waals surface area contributed by atoms with Crippen LogP contribution in [0.25, 0.3) is 0 Å². The normalized spacial score (nSPS) is 18.8. The van der Waals surface area contributed by atoms with Crippen LogP contribution >= 0.6 is 12.2 Å². The average molecular weight is 408 g/mol. The lowest BCUT2D eigenvalue weighted by Crippen LogP contribution is -2.32. The first-order chi connectivity index (χ1) is 14.3. The van der Waals surface area contributed by atoms with Gasteiger partial charge in [-0.25, -0.2) is 0 Å². The van der Waals surface area contributed by atoms with Gasteiger partial charge in [0.1, 0.15) is 0 Å². The highest BCUT2D eigenvalue weighted by Gasteiger charge is 2.40. The molecule has 1 aliphatic heterocycles. The van der Waals surface area contributed by atoms with Gasteiger partial charge in [-0.1, -0.05) is 12.1 Å². The number of thiocarbonyl (C=S) groups is 1. The fourth-order valence-corrected chi connectivity index (χ4v) is 4.18. The molecule has 0 bridgehead atoms. The number of pyridine rings is 2. The summed E-state index contributed by atoms with van der Waals surface area (Å²) in [6.07, 6.45) is 6.68. The summed E-state index contributed by atoms with van der Waals surface area (Å²) in [6.45, 7) is 2.24. The van der Waals surface area contributed by atoms with Crippen LogP contribution in [-0.4, -0.2) is 44.8 Å². The van der Waals surface area contributed by atoms with Gasteiger partial charge in [-0.2, -0.15) is 0 Å². The van der Waals surface area contributed by atoms with Crippen molar-refractivity contribution in [3.05, 3.63) is 84.2 Å². The van der Waals surface area contributed by atoms with E-state index in [0.29, 0.717) is 13.2 Å². The van der Waals surface area contributed by atoms with Crippen molar-refractivity contribution in [1.82, 2.24) is 24.8 Å². The Hall–Kier alpha value is -2.77. The van der Waals surface area contributed by atoms with Crippen molar-refractivity contribution in [3.63, 3.8) is 0 Å². The van der Waals surface area contributed by atoms with E-state index < -0.39 is 0 Å². The molecule has 150 valence electrons. The molecule has 6 nitrogen and oxygen atoms in total. The second-order valence-corrected chi connectivity index (χ2v) is 7.44. The molecule has 4 heterocycles.